The van der Waals surface area contributed by atoms with E-state index in [9.17, 15) is 0 Å². The Kier molecular flexibility index (Phi) is 3.59. The third-order valence-electron chi connectivity index (χ3n) is 3.90. The molecule has 0 aliphatic heterocycles. The maximum atomic E-state index is 6.13. The summed E-state index contributed by atoms with van der Waals surface area (Å²) in [5, 5.41) is 0. The molecule has 3 aromatic rings. The predicted molar refractivity (Wildman–Crippen MR) is 90.8 cm³/mol. The number of hydrogen-bond donors (Lipinski definition) is 1. The Balaban J connectivity index is 2.28. The van der Waals surface area contributed by atoms with Gasteiger partial charge in [-0.15, -0.1) is 0 Å². The van der Waals surface area contributed by atoms with Gasteiger partial charge in [0.1, 0.15) is 6.33 Å². The molecule has 0 radical (unpaired) electrons. The number of nitrogens with zero attached hydrogens (tertiary/aromatic N) is 2. The highest BCUT2D eigenvalue weighted by molar-refractivity contribution is 9.10. The number of halogens is 1. The lowest BCUT2D eigenvalue weighted by Gasteiger charge is -2.15. The smallest absolute Gasteiger partial charge is 0.100 e. The molecule has 0 amide bonds. The van der Waals surface area contributed by atoms with Crippen LogP contribution >= 0.6 is 15.9 Å². The summed E-state index contributed by atoms with van der Waals surface area (Å²) in [5.74, 6) is 0. The van der Waals surface area contributed by atoms with Gasteiger partial charge in [0.25, 0.3) is 0 Å². The molecule has 0 aliphatic carbocycles. The summed E-state index contributed by atoms with van der Waals surface area (Å²) < 4.78 is 3.15. The highest BCUT2D eigenvalue weighted by atomic mass is 79.9. The SMILES string of the molecule is Cc1cc2ncn(-c3ccc(Br)cc3C(C)N)c2cc1C. The molecule has 3 rings (SSSR count). The van der Waals surface area contributed by atoms with E-state index in [1.54, 1.807) is 0 Å². The van der Waals surface area contributed by atoms with Gasteiger partial charge in [-0.2, -0.15) is 0 Å². The van der Waals surface area contributed by atoms with E-state index in [1.807, 2.05) is 19.3 Å². The maximum Gasteiger partial charge on any atom is 0.100 e. The highest BCUT2D eigenvalue weighted by Gasteiger charge is 2.13. The van der Waals surface area contributed by atoms with Crippen molar-refractivity contribution in [2.45, 2.75) is 26.8 Å². The molecule has 2 N–H and O–H groups in total. The minimum atomic E-state index is -0.0403. The summed E-state index contributed by atoms with van der Waals surface area (Å²) in [6, 6.07) is 10.5. The third kappa shape index (κ3) is 2.49. The van der Waals surface area contributed by atoms with Crippen molar-refractivity contribution in [1.82, 2.24) is 9.55 Å². The average Bonchev–Trinajstić information content (AvgIpc) is 2.82. The van der Waals surface area contributed by atoms with Crippen LogP contribution in [0.4, 0.5) is 0 Å². The summed E-state index contributed by atoms with van der Waals surface area (Å²) in [6.45, 7) is 6.24. The topological polar surface area (TPSA) is 43.8 Å². The molecule has 1 atom stereocenters. The molecule has 0 spiro atoms. The van der Waals surface area contributed by atoms with Crippen molar-refractivity contribution in [3.05, 3.63) is 57.8 Å². The molecular formula is C17H18BrN3. The van der Waals surface area contributed by atoms with Crippen molar-refractivity contribution in [3.8, 4) is 5.69 Å². The van der Waals surface area contributed by atoms with Gasteiger partial charge >= 0.3 is 0 Å². The molecule has 108 valence electrons. The molecule has 1 unspecified atom stereocenters. The quantitative estimate of drug-likeness (QED) is 0.748. The molecule has 1 heterocycles. The predicted octanol–water partition coefficient (Wildman–Crippen LogP) is 4.42. The molecule has 0 saturated heterocycles. The van der Waals surface area contributed by atoms with Gasteiger partial charge in [-0.1, -0.05) is 15.9 Å². The number of benzene rings is 2. The first-order valence-corrected chi connectivity index (χ1v) is 7.76. The van der Waals surface area contributed by atoms with E-state index in [0.29, 0.717) is 0 Å². The summed E-state index contributed by atoms with van der Waals surface area (Å²) in [5.41, 5.74) is 13.0. The first-order chi connectivity index (χ1) is 9.97. The fraction of sp³-hybridized carbons (Fsp3) is 0.235. The number of fused-ring (bicyclic) bond motifs is 1. The first-order valence-electron chi connectivity index (χ1n) is 6.97. The van der Waals surface area contributed by atoms with Crippen LogP contribution in [0, 0.1) is 13.8 Å². The number of aromatic nitrogens is 2. The Morgan fingerprint density at radius 3 is 2.57 bits per heavy atom. The van der Waals surface area contributed by atoms with Crippen molar-refractivity contribution in [2.24, 2.45) is 5.73 Å². The van der Waals surface area contributed by atoms with Crippen molar-refractivity contribution in [3.63, 3.8) is 0 Å². The summed E-state index contributed by atoms with van der Waals surface area (Å²) in [7, 11) is 0. The number of hydrogen-bond acceptors (Lipinski definition) is 2. The fourth-order valence-corrected chi connectivity index (χ4v) is 2.94. The minimum Gasteiger partial charge on any atom is -0.324 e. The van der Waals surface area contributed by atoms with Gasteiger partial charge in [0.05, 0.1) is 16.7 Å². The first kappa shape index (κ1) is 14.3. The second-order valence-corrected chi connectivity index (χ2v) is 6.45. The van der Waals surface area contributed by atoms with Crippen molar-refractivity contribution in [2.75, 3.05) is 0 Å². The van der Waals surface area contributed by atoms with Crippen LogP contribution < -0.4 is 5.73 Å². The van der Waals surface area contributed by atoms with E-state index >= 15 is 0 Å². The Morgan fingerprint density at radius 1 is 1.14 bits per heavy atom. The molecular weight excluding hydrogens is 326 g/mol. The summed E-state index contributed by atoms with van der Waals surface area (Å²) in [6.07, 6.45) is 1.87. The number of aryl methyl sites for hydroxylation is 2. The fourth-order valence-electron chi connectivity index (χ4n) is 2.57. The van der Waals surface area contributed by atoms with E-state index in [0.717, 1.165) is 26.8 Å². The second kappa shape index (κ2) is 5.28. The average molecular weight is 344 g/mol. The lowest BCUT2D eigenvalue weighted by atomic mass is 10.1. The van der Waals surface area contributed by atoms with Gasteiger partial charge in [-0.25, -0.2) is 4.98 Å². The molecule has 4 heteroatoms. The summed E-state index contributed by atoms with van der Waals surface area (Å²) >= 11 is 3.52. The molecule has 0 saturated carbocycles. The van der Waals surface area contributed by atoms with Crippen LogP contribution in [0.15, 0.2) is 41.1 Å². The van der Waals surface area contributed by atoms with E-state index in [1.165, 1.54) is 11.1 Å². The minimum absolute atomic E-state index is 0.0403. The van der Waals surface area contributed by atoms with Crippen molar-refractivity contribution in [1.29, 1.82) is 0 Å². The van der Waals surface area contributed by atoms with E-state index < -0.39 is 0 Å². The normalized spacial score (nSPS) is 12.8. The number of nitrogens with two attached hydrogens (primary N) is 1. The van der Waals surface area contributed by atoms with E-state index in [4.69, 9.17) is 5.73 Å². The van der Waals surface area contributed by atoms with Crippen LogP contribution in [-0.4, -0.2) is 9.55 Å². The summed E-state index contributed by atoms with van der Waals surface area (Å²) in [4.78, 5) is 4.53. The highest BCUT2D eigenvalue weighted by Crippen LogP contribution is 2.28. The maximum absolute atomic E-state index is 6.13. The van der Waals surface area contributed by atoms with Gasteiger partial charge in [0.15, 0.2) is 0 Å². The Hall–Kier alpha value is -1.65. The van der Waals surface area contributed by atoms with Crippen LogP contribution in [0.3, 0.4) is 0 Å². The molecule has 3 nitrogen and oxygen atoms in total. The third-order valence-corrected chi connectivity index (χ3v) is 4.40. The molecule has 0 aliphatic rings. The van der Waals surface area contributed by atoms with Gasteiger partial charge in [-0.05, 0) is 67.8 Å². The monoisotopic (exact) mass is 343 g/mol. The lowest BCUT2D eigenvalue weighted by Crippen LogP contribution is -2.09. The Morgan fingerprint density at radius 2 is 1.86 bits per heavy atom. The zero-order chi connectivity index (χ0) is 15.1. The number of imidazole rings is 1. The van der Waals surface area contributed by atoms with E-state index in [-0.39, 0.29) is 6.04 Å². The van der Waals surface area contributed by atoms with Crippen LogP contribution in [0.2, 0.25) is 0 Å². The number of rotatable bonds is 2. The van der Waals surface area contributed by atoms with Crippen LogP contribution in [0.25, 0.3) is 16.7 Å². The second-order valence-electron chi connectivity index (χ2n) is 5.53. The van der Waals surface area contributed by atoms with Crippen LogP contribution in [0.1, 0.15) is 29.7 Å². The van der Waals surface area contributed by atoms with Gasteiger partial charge in [0.2, 0.25) is 0 Å². The molecule has 2 aromatic carbocycles. The Bertz CT molecular complexity index is 818. The van der Waals surface area contributed by atoms with Crippen molar-refractivity contribution < 1.29 is 0 Å². The van der Waals surface area contributed by atoms with Crippen LogP contribution in [0.5, 0.6) is 0 Å². The zero-order valence-corrected chi connectivity index (χ0v) is 14.0. The largest absolute Gasteiger partial charge is 0.324 e. The molecule has 21 heavy (non-hydrogen) atoms. The molecule has 1 aromatic heterocycles. The lowest BCUT2D eigenvalue weighted by molar-refractivity contribution is 0.805. The molecule has 0 bridgehead atoms. The molecule has 0 fully saturated rings. The van der Waals surface area contributed by atoms with Gasteiger partial charge < -0.3 is 5.73 Å². The van der Waals surface area contributed by atoms with Crippen molar-refractivity contribution >= 4 is 27.0 Å². The van der Waals surface area contributed by atoms with E-state index in [2.05, 4.69) is 63.6 Å². The Labute approximate surface area is 132 Å². The van der Waals surface area contributed by atoms with Gasteiger partial charge in [-0.3, -0.25) is 4.57 Å². The van der Waals surface area contributed by atoms with Crippen LogP contribution in [-0.2, 0) is 0 Å². The standard InChI is InChI=1S/C17H18BrN3/c1-10-6-15-17(7-11(10)2)21(9-20-15)16-5-4-13(18)8-14(16)12(3)19/h4-9,12H,19H2,1-3H3. The van der Waals surface area contributed by atoms with Gasteiger partial charge in [0, 0.05) is 10.5 Å². The zero-order valence-electron chi connectivity index (χ0n) is 12.4.